The van der Waals surface area contributed by atoms with Crippen molar-refractivity contribution in [3.05, 3.63) is 83.4 Å². The number of carbonyl (C=O) groups excluding carboxylic acids is 1. The van der Waals surface area contributed by atoms with Gasteiger partial charge in [0.15, 0.2) is 0 Å². The fraction of sp³-hybridized carbons (Fsp3) is 0.320. The van der Waals surface area contributed by atoms with Gasteiger partial charge in [0.25, 0.3) is 0 Å². The predicted octanol–water partition coefficient (Wildman–Crippen LogP) is 3.90. The molecule has 1 aliphatic heterocycles. The number of aromatic amines is 1. The molecule has 31 heavy (non-hydrogen) atoms. The summed E-state index contributed by atoms with van der Waals surface area (Å²) in [7, 11) is 0. The van der Waals surface area contributed by atoms with Crippen LogP contribution in [0.1, 0.15) is 36.2 Å². The summed E-state index contributed by atoms with van der Waals surface area (Å²) in [5, 5.41) is 9.43. The monoisotopic (exact) mass is 413 g/mol. The van der Waals surface area contributed by atoms with Crippen molar-refractivity contribution in [1.82, 2.24) is 14.9 Å². The smallest absolute Gasteiger partial charge is 0.225 e. The molecule has 3 aromatic rings. The van der Waals surface area contributed by atoms with Crippen LogP contribution in [0.2, 0.25) is 0 Å². The fourth-order valence-electron chi connectivity index (χ4n) is 4.23. The lowest BCUT2D eigenvalue weighted by molar-refractivity contribution is -0.137. The van der Waals surface area contributed by atoms with Crippen molar-refractivity contribution in [3.63, 3.8) is 0 Å². The van der Waals surface area contributed by atoms with Gasteiger partial charge in [-0.1, -0.05) is 44.2 Å². The third kappa shape index (κ3) is 4.61. The Kier molecular flexibility index (Phi) is 6.03. The number of hydrogen-bond acceptors (Lipinski definition) is 4. The van der Waals surface area contributed by atoms with E-state index in [2.05, 4.69) is 33.1 Å². The average Bonchev–Trinajstić information content (AvgIpc) is 3.24. The Labute approximate surface area is 183 Å². The first kappa shape index (κ1) is 20.7. The van der Waals surface area contributed by atoms with Gasteiger partial charge in [-0.25, -0.2) is 4.98 Å². The van der Waals surface area contributed by atoms with E-state index in [1.54, 1.807) is 6.33 Å². The summed E-state index contributed by atoms with van der Waals surface area (Å²) in [4.78, 5) is 25.0. The van der Waals surface area contributed by atoms with Gasteiger partial charge < -0.3 is 14.8 Å². The highest BCUT2D eigenvalue weighted by atomic mass is 16.2. The first-order valence-corrected chi connectivity index (χ1v) is 10.6. The Balaban J connectivity index is 1.76. The number of amides is 1. The van der Waals surface area contributed by atoms with Gasteiger partial charge in [0.05, 0.1) is 36.2 Å². The molecule has 158 valence electrons. The maximum Gasteiger partial charge on any atom is 0.225 e. The summed E-state index contributed by atoms with van der Waals surface area (Å²) < 4.78 is 0. The molecule has 2 aromatic carbocycles. The van der Waals surface area contributed by atoms with Crippen molar-refractivity contribution in [2.24, 2.45) is 5.92 Å². The van der Waals surface area contributed by atoms with Crippen LogP contribution in [-0.2, 0) is 24.3 Å². The molecule has 0 bridgehead atoms. The molecule has 1 amide bonds. The third-order valence-corrected chi connectivity index (χ3v) is 5.76. The van der Waals surface area contributed by atoms with Crippen molar-refractivity contribution >= 4 is 11.6 Å². The van der Waals surface area contributed by atoms with Gasteiger partial charge in [-0.05, 0) is 35.7 Å². The van der Waals surface area contributed by atoms with Crippen LogP contribution in [-0.4, -0.2) is 33.4 Å². The zero-order valence-electron chi connectivity index (χ0n) is 18.0. The number of fused-ring (bicyclic) bond motifs is 1. The molecule has 6 heteroatoms. The SMILES string of the molecule is CC(C)C(=O)N1Cc2cc(C#N)ccc2N(Cc2c[nH]cn2)C[C@H]1Cc1ccccc1. The van der Waals surface area contributed by atoms with Crippen molar-refractivity contribution < 1.29 is 4.79 Å². The molecule has 0 radical (unpaired) electrons. The number of nitriles is 1. The van der Waals surface area contributed by atoms with E-state index in [4.69, 9.17) is 0 Å². The number of nitrogens with one attached hydrogen (secondary N) is 1. The second kappa shape index (κ2) is 9.05. The molecule has 1 atom stereocenters. The second-order valence-electron chi connectivity index (χ2n) is 8.36. The van der Waals surface area contributed by atoms with Crippen molar-refractivity contribution in [3.8, 4) is 6.07 Å². The fourth-order valence-corrected chi connectivity index (χ4v) is 4.23. The van der Waals surface area contributed by atoms with Crippen LogP contribution >= 0.6 is 0 Å². The number of benzene rings is 2. The van der Waals surface area contributed by atoms with Gasteiger partial charge in [0.1, 0.15) is 0 Å². The summed E-state index contributed by atoms with van der Waals surface area (Å²) in [5.74, 6) is 0.0367. The molecule has 1 aromatic heterocycles. The molecule has 0 fully saturated rings. The van der Waals surface area contributed by atoms with Gasteiger partial charge >= 0.3 is 0 Å². The van der Waals surface area contributed by atoms with E-state index in [-0.39, 0.29) is 17.9 Å². The van der Waals surface area contributed by atoms with Gasteiger partial charge in [0, 0.05) is 30.9 Å². The number of rotatable bonds is 5. The van der Waals surface area contributed by atoms with Gasteiger partial charge in [0.2, 0.25) is 5.91 Å². The molecule has 0 spiro atoms. The third-order valence-electron chi connectivity index (χ3n) is 5.76. The standard InChI is InChI=1S/C25H27N5O/c1-18(2)25(31)30-14-21-10-20(12-26)8-9-24(21)29(15-22-13-27-17-28-22)16-23(30)11-19-6-4-3-5-7-19/h3-10,13,17-18,23H,11,14-16H2,1-2H3,(H,27,28)/t23-/m1/s1. The summed E-state index contributed by atoms with van der Waals surface area (Å²) in [6.07, 6.45) is 4.36. The number of aromatic nitrogens is 2. The van der Waals surface area contributed by atoms with E-state index in [9.17, 15) is 10.1 Å². The molecule has 1 N–H and O–H groups in total. The van der Waals surface area contributed by atoms with E-state index in [0.717, 1.165) is 23.4 Å². The molecule has 0 saturated carbocycles. The minimum absolute atomic E-state index is 0.00850. The average molecular weight is 414 g/mol. The lowest BCUT2D eigenvalue weighted by atomic mass is 10.0. The lowest BCUT2D eigenvalue weighted by Gasteiger charge is -2.33. The van der Waals surface area contributed by atoms with Crippen molar-refractivity contribution in [2.75, 3.05) is 11.4 Å². The molecule has 2 heterocycles. The molecule has 0 saturated heterocycles. The maximum absolute atomic E-state index is 13.3. The number of hydrogen-bond donors (Lipinski definition) is 1. The minimum atomic E-state index is -0.0984. The normalized spacial score (nSPS) is 16.0. The summed E-state index contributed by atoms with van der Waals surface area (Å²) >= 11 is 0. The van der Waals surface area contributed by atoms with Crippen LogP contribution in [0.3, 0.4) is 0 Å². The Morgan fingerprint density at radius 2 is 2.06 bits per heavy atom. The highest BCUT2D eigenvalue weighted by molar-refractivity contribution is 5.79. The first-order chi connectivity index (χ1) is 15.0. The van der Waals surface area contributed by atoms with E-state index in [1.807, 2.05) is 61.3 Å². The Bertz CT molecular complexity index is 1070. The highest BCUT2D eigenvalue weighted by Gasteiger charge is 2.32. The van der Waals surface area contributed by atoms with Crippen LogP contribution in [0, 0.1) is 17.2 Å². The van der Waals surface area contributed by atoms with Crippen LogP contribution in [0.15, 0.2) is 61.1 Å². The molecule has 0 aliphatic carbocycles. The van der Waals surface area contributed by atoms with Crippen molar-refractivity contribution in [2.45, 2.75) is 39.4 Å². The van der Waals surface area contributed by atoms with Crippen molar-refractivity contribution in [1.29, 1.82) is 5.26 Å². The number of anilines is 1. The summed E-state index contributed by atoms with van der Waals surface area (Å²) in [6, 6.07) is 18.3. The molecule has 0 unspecified atom stereocenters. The second-order valence-corrected chi connectivity index (χ2v) is 8.36. The number of carbonyl (C=O) groups is 1. The zero-order chi connectivity index (χ0) is 21.8. The van der Waals surface area contributed by atoms with E-state index < -0.39 is 0 Å². The van der Waals surface area contributed by atoms with Crippen LogP contribution in [0.5, 0.6) is 0 Å². The summed E-state index contributed by atoms with van der Waals surface area (Å²) in [5.41, 5.74) is 4.81. The molecular weight excluding hydrogens is 386 g/mol. The van der Waals surface area contributed by atoms with E-state index in [1.165, 1.54) is 5.56 Å². The van der Waals surface area contributed by atoms with Gasteiger partial charge in [-0.15, -0.1) is 0 Å². The van der Waals surface area contributed by atoms with E-state index in [0.29, 0.717) is 25.2 Å². The molecule has 4 rings (SSSR count). The van der Waals surface area contributed by atoms with Crippen LogP contribution in [0.25, 0.3) is 0 Å². The molecular formula is C25H27N5O. The molecule has 6 nitrogen and oxygen atoms in total. The summed E-state index contributed by atoms with van der Waals surface area (Å²) in [6.45, 7) is 5.72. The van der Waals surface area contributed by atoms with Crippen LogP contribution in [0.4, 0.5) is 5.69 Å². The first-order valence-electron chi connectivity index (χ1n) is 10.6. The number of H-pyrrole nitrogens is 1. The number of imidazole rings is 1. The van der Waals surface area contributed by atoms with Crippen LogP contribution < -0.4 is 4.90 Å². The highest BCUT2D eigenvalue weighted by Crippen LogP contribution is 2.31. The Morgan fingerprint density at radius 1 is 1.26 bits per heavy atom. The zero-order valence-corrected chi connectivity index (χ0v) is 18.0. The van der Waals surface area contributed by atoms with Gasteiger partial charge in [-0.3, -0.25) is 4.79 Å². The van der Waals surface area contributed by atoms with E-state index >= 15 is 0 Å². The van der Waals surface area contributed by atoms with Gasteiger partial charge in [-0.2, -0.15) is 5.26 Å². The Morgan fingerprint density at radius 3 is 2.74 bits per heavy atom. The maximum atomic E-state index is 13.3. The largest absolute Gasteiger partial charge is 0.363 e. The Hall–Kier alpha value is -3.59. The minimum Gasteiger partial charge on any atom is -0.363 e. The number of nitrogens with zero attached hydrogens (tertiary/aromatic N) is 4. The lowest BCUT2D eigenvalue weighted by Crippen LogP contribution is -2.47. The molecule has 1 aliphatic rings. The topological polar surface area (TPSA) is 76.0 Å². The predicted molar refractivity (Wildman–Crippen MR) is 120 cm³/mol. The quantitative estimate of drug-likeness (QED) is 0.688.